The summed E-state index contributed by atoms with van der Waals surface area (Å²) in [6, 6.07) is 19.0. The van der Waals surface area contributed by atoms with Crippen molar-refractivity contribution in [2.24, 2.45) is 5.92 Å². The number of aryl methyl sites for hydroxylation is 1. The summed E-state index contributed by atoms with van der Waals surface area (Å²) in [5.74, 6) is 0.633. The van der Waals surface area contributed by atoms with Crippen LogP contribution in [0.15, 0.2) is 60.7 Å². The Kier molecular flexibility index (Phi) is 7.92. The highest BCUT2D eigenvalue weighted by molar-refractivity contribution is 5.99. The van der Waals surface area contributed by atoms with Crippen LogP contribution in [0, 0.1) is 12.8 Å². The van der Waals surface area contributed by atoms with Crippen molar-refractivity contribution in [2.75, 3.05) is 18.4 Å². The lowest BCUT2D eigenvalue weighted by Crippen LogP contribution is -2.39. The van der Waals surface area contributed by atoms with Crippen molar-refractivity contribution in [3.8, 4) is 5.69 Å². The summed E-state index contributed by atoms with van der Waals surface area (Å²) in [6.07, 6.45) is 0.821. The normalized spacial score (nSPS) is 11.5. The molecule has 0 atom stereocenters. The summed E-state index contributed by atoms with van der Waals surface area (Å²) in [7, 11) is 0. The molecule has 0 fully saturated rings. The zero-order valence-corrected chi connectivity index (χ0v) is 21.1. The monoisotopic (exact) mass is 460 g/mol. The van der Waals surface area contributed by atoms with Crippen LogP contribution in [-0.2, 0) is 10.2 Å². The van der Waals surface area contributed by atoms with E-state index in [1.807, 2.05) is 55.5 Å². The second-order valence-corrected chi connectivity index (χ2v) is 10.2. The molecule has 1 heterocycles. The SMILES string of the molecule is Cc1ccccc1-n1nc(C(C)(C)C)cc1NC(=O)CN(CCC(C)C)C(=O)c1ccccc1. The van der Waals surface area contributed by atoms with Gasteiger partial charge in [0.2, 0.25) is 5.91 Å². The van der Waals surface area contributed by atoms with Gasteiger partial charge in [-0.1, -0.05) is 71.0 Å². The topological polar surface area (TPSA) is 67.2 Å². The van der Waals surface area contributed by atoms with Crippen molar-refractivity contribution < 1.29 is 9.59 Å². The molecule has 2 amide bonds. The predicted octanol–water partition coefficient (Wildman–Crippen LogP) is 5.61. The van der Waals surface area contributed by atoms with Gasteiger partial charge in [0.25, 0.3) is 5.91 Å². The second kappa shape index (κ2) is 10.7. The van der Waals surface area contributed by atoms with Gasteiger partial charge in [0.05, 0.1) is 11.4 Å². The molecule has 6 heteroatoms. The molecular weight excluding hydrogens is 424 g/mol. The lowest BCUT2D eigenvalue weighted by molar-refractivity contribution is -0.117. The largest absolute Gasteiger partial charge is 0.329 e. The Labute approximate surface area is 203 Å². The molecule has 0 spiro atoms. The van der Waals surface area contributed by atoms with Gasteiger partial charge in [-0.05, 0) is 43.0 Å². The molecule has 6 nitrogen and oxygen atoms in total. The highest BCUT2D eigenvalue weighted by Gasteiger charge is 2.24. The Balaban J connectivity index is 1.87. The maximum Gasteiger partial charge on any atom is 0.254 e. The van der Waals surface area contributed by atoms with E-state index in [0.29, 0.717) is 23.8 Å². The molecule has 0 bridgehead atoms. The minimum Gasteiger partial charge on any atom is -0.329 e. The van der Waals surface area contributed by atoms with Gasteiger partial charge < -0.3 is 10.2 Å². The standard InChI is InChI=1S/C28H36N4O2/c1-20(2)16-17-31(27(34)22-13-8-7-9-14-22)19-26(33)29-25-18-24(28(4,5)6)30-32(25)23-15-11-10-12-21(23)3/h7-15,18,20H,16-17,19H2,1-6H3,(H,29,33). The van der Waals surface area contributed by atoms with E-state index in [4.69, 9.17) is 5.10 Å². The molecule has 34 heavy (non-hydrogen) atoms. The fraction of sp³-hybridized carbons (Fsp3) is 0.393. The highest BCUT2D eigenvalue weighted by Crippen LogP contribution is 2.27. The summed E-state index contributed by atoms with van der Waals surface area (Å²) >= 11 is 0. The number of carbonyl (C=O) groups excluding carboxylic acids is 2. The average Bonchev–Trinajstić information content (AvgIpc) is 3.21. The van der Waals surface area contributed by atoms with Gasteiger partial charge in [-0.2, -0.15) is 5.10 Å². The van der Waals surface area contributed by atoms with E-state index in [-0.39, 0.29) is 23.8 Å². The number of para-hydroxylation sites is 1. The van der Waals surface area contributed by atoms with Crippen LogP contribution in [0.2, 0.25) is 0 Å². The number of hydrogen-bond donors (Lipinski definition) is 1. The molecule has 3 aromatic rings. The summed E-state index contributed by atoms with van der Waals surface area (Å²) < 4.78 is 1.78. The lowest BCUT2D eigenvalue weighted by atomic mass is 9.92. The van der Waals surface area contributed by atoms with Crippen LogP contribution < -0.4 is 5.32 Å². The zero-order chi connectivity index (χ0) is 24.9. The number of nitrogens with one attached hydrogen (secondary N) is 1. The maximum absolute atomic E-state index is 13.2. The first-order chi connectivity index (χ1) is 16.1. The van der Waals surface area contributed by atoms with Gasteiger partial charge in [-0.15, -0.1) is 0 Å². The first-order valence-corrected chi connectivity index (χ1v) is 11.9. The Bertz CT molecular complexity index is 1130. The molecule has 0 aliphatic carbocycles. The quantitative estimate of drug-likeness (QED) is 0.475. The molecule has 0 radical (unpaired) electrons. The number of carbonyl (C=O) groups is 2. The number of nitrogens with zero attached hydrogens (tertiary/aromatic N) is 3. The second-order valence-electron chi connectivity index (χ2n) is 10.2. The zero-order valence-electron chi connectivity index (χ0n) is 21.1. The number of amides is 2. The van der Waals surface area contributed by atoms with Gasteiger partial charge in [-0.3, -0.25) is 9.59 Å². The predicted molar refractivity (Wildman–Crippen MR) is 137 cm³/mol. The van der Waals surface area contributed by atoms with Crippen molar-refractivity contribution in [1.82, 2.24) is 14.7 Å². The third-order valence-corrected chi connectivity index (χ3v) is 5.71. The van der Waals surface area contributed by atoms with E-state index < -0.39 is 0 Å². The lowest BCUT2D eigenvalue weighted by Gasteiger charge is -2.23. The minimum atomic E-state index is -0.247. The molecule has 0 aliphatic heterocycles. The maximum atomic E-state index is 13.2. The molecule has 180 valence electrons. The Morgan fingerprint density at radius 1 is 1.03 bits per heavy atom. The Hall–Kier alpha value is -3.41. The van der Waals surface area contributed by atoms with Gasteiger partial charge >= 0.3 is 0 Å². The van der Waals surface area contributed by atoms with E-state index in [1.54, 1.807) is 21.7 Å². The molecule has 1 aromatic heterocycles. The highest BCUT2D eigenvalue weighted by atomic mass is 16.2. The van der Waals surface area contributed by atoms with Crippen LogP contribution in [0.25, 0.3) is 5.69 Å². The van der Waals surface area contributed by atoms with Gasteiger partial charge in [0, 0.05) is 23.6 Å². The van der Waals surface area contributed by atoms with Crippen LogP contribution in [-0.4, -0.2) is 39.6 Å². The van der Waals surface area contributed by atoms with Crippen molar-refractivity contribution >= 4 is 17.6 Å². The first kappa shape index (κ1) is 25.2. The van der Waals surface area contributed by atoms with Crippen molar-refractivity contribution in [3.05, 3.63) is 77.5 Å². The van der Waals surface area contributed by atoms with Crippen LogP contribution in [0.5, 0.6) is 0 Å². The van der Waals surface area contributed by atoms with E-state index in [1.165, 1.54) is 0 Å². The molecule has 0 unspecified atom stereocenters. The summed E-state index contributed by atoms with van der Waals surface area (Å²) in [6.45, 7) is 13.0. The fourth-order valence-corrected chi connectivity index (χ4v) is 3.61. The Morgan fingerprint density at radius 3 is 2.29 bits per heavy atom. The first-order valence-electron chi connectivity index (χ1n) is 11.9. The minimum absolute atomic E-state index is 0.0236. The van der Waals surface area contributed by atoms with Crippen molar-refractivity contribution in [1.29, 1.82) is 0 Å². The smallest absolute Gasteiger partial charge is 0.254 e. The number of hydrogen-bond acceptors (Lipinski definition) is 3. The van der Waals surface area contributed by atoms with Crippen molar-refractivity contribution in [2.45, 2.75) is 53.4 Å². The summed E-state index contributed by atoms with van der Waals surface area (Å²) in [5.41, 5.74) is 3.24. The molecule has 0 saturated heterocycles. The van der Waals surface area contributed by atoms with Crippen LogP contribution >= 0.6 is 0 Å². The van der Waals surface area contributed by atoms with Gasteiger partial charge in [-0.25, -0.2) is 4.68 Å². The van der Waals surface area contributed by atoms with E-state index >= 15 is 0 Å². The number of anilines is 1. The molecule has 3 rings (SSSR count). The van der Waals surface area contributed by atoms with Crippen LogP contribution in [0.3, 0.4) is 0 Å². The number of benzene rings is 2. The third-order valence-electron chi connectivity index (χ3n) is 5.71. The van der Waals surface area contributed by atoms with E-state index in [9.17, 15) is 9.59 Å². The molecule has 2 aromatic carbocycles. The van der Waals surface area contributed by atoms with E-state index in [2.05, 4.69) is 39.9 Å². The average molecular weight is 461 g/mol. The van der Waals surface area contributed by atoms with Crippen molar-refractivity contribution in [3.63, 3.8) is 0 Å². The summed E-state index contributed by atoms with van der Waals surface area (Å²) in [4.78, 5) is 28.0. The van der Waals surface area contributed by atoms with Crippen LogP contribution in [0.1, 0.15) is 62.7 Å². The summed E-state index contributed by atoms with van der Waals surface area (Å²) in [5, 5.41) is 7.83. The molecule has 0 saturated carbocycles. The number of rotatable bonds is 8. The van der Waals surface area contributed by atoms with Crippen LogP contribution in [0.4, 0.5) is 5.82 Å². The third kappa shape index (κ3) is 6.34. The molecular formula is C28H36N4O2. The van der Waals surface area contributed by atoms with E-state index in [0.717, 1.165) is 23.4 Å². The fourth-order valence-electron chi connectivity index (χ4n) is 3.61. The Morgan fingerprint density at radius 2 is 1.68 bits per heavy atom. The van der Waals surface area contributed by atoms with Gasteiger partial charge in [0.1, 0.15) is 12.4 Å². The van der Waals surface area contributed by atoms with Gasteiger partial charge in [0.15, 0.2) is 0 Å². The molecule has 0 aliphatic rings. The molecule has 1 N–H and O–H groups in total. The number of aromatic nitrogens is 2.